The van der Waals surface area contributed by atoms with Crippen molar-refractivity contribution >= 4 is 5.97 Å². The van der Waals surface area contributed by atoms with Gasteiger partial charge in [0.2, 0.25) is 0 Å². The number of hydrogen-bond donors (Lipinski definition) is 1. The van der Waals surface area contributed by atoms with Crippen LogP contribution in [0.1, 0.15) is 19.8 Å². The molecule has 0 aromatic carbocycles. The molecule has 0 bridgehead atoms. The molecule has 1 aliphatic rings. The van der Waals surface area contributed by atoms with E-state index in [0.717, 1.165) is 12.8 Å². The average Bonchev–Trinajstić information content (AvgIpc) is 2.01. The first-order chi connectivity index (χ1) is 6.52. The third-order valence-electron chi connectivity index (χ3n) is 2.66. The van der Waals surface area contributed by atoms with Gasteiger partial charge in [-0.15, -0.1) is 0 Å². The molecule has 0 aromatic rings. The van der Waals surface area contributed by atoms with Crippen molar-refractivity contribution in [3.8, 4) is 0 Å². The molecule has 82 valence electrons. The monoisotopic (exact) mass is 207 g/mol. The Morgan fingerprint density at radius 3 is 2.79 bits per heavy atom. The van der Waals surface area contributed by atoms with E-state index in [1.165, 1.54) is 4.90 Å². The Morgan fingerprint density at radius 2 is 2.29 bits per heavy atom. The third kappa shape index (κ3) is 2.64. The van der Waals surface area contributed by atoms with Crippen LogP contribution in [0, 0.1) is 5.92 Å². The number of halogens is 2. The number of aliphatic carboxylic acids is 1. The average molecular weight is 207 g/mol. The highest BCUT2D eigenvalue weighted by molar-refractivity contribution is 5.74. The van der Waals surface area contributed by atoms with E-state index in [0.29, 0.717) is 6.54 Å². The SMILES string of the molecule is CC1CCCN(CC(F)F)C1C(=O)O. The molecule has 14 heavy (non-hydrogen) atoms. The van der Waals surface area contributed by atoms with Gasteiger partial charge in [0, 0.05) is 0 Å². The van der Waals surface area contributed by atoms with Crippen LogP contribution in [-0.2, 0) is 4.79 Å². The van der Waals surface area contributed by atoms with Crippen LogP contribution in [0.4, 0.5) is 8.78 Å². The number of alkyl halides is 2. The Balaban J connectivity index is 2.64. The van der Waals surface area contributed by atoms with Crippen LogP contribution >= 0.6 is 0 Å². The maximum atomic E-state index is 12.1. The van der Waals surface area contributed by atoms with Crippen LogP contribution in [0.15, 0.2) is 0 Å². The summed E-state index contributed by atoms with van der Waals surface area (Å²) in [7, 11) is 0. The van der Waals surface area contributed by atoms with E-state index in [-0.39, 0.29) is 5.92 Å². The van der Waals surface area contributed by atoms with Gasteiger partial charge < -0.3 is 5.11 Å². The molecular formula is C9H15F2NO2. The number of carboxylic acid groups (broad SMARTS) is 1. The lowest BCUT2D eigenvalue weighted by atomic mass is 9.91. The van der Waals surface area contributed by atoms with E-state index in [4.69, 9.17) is 5.11 Å². The molecule has 1 saturated heterocycles. The zero-order valence-corrected chi connectivity index (χ0v) is 8.12. The molecule has 1 N–H and O–H groups in total. The Morgan fingerprint density at radius 1 is 1.64 bits per heavy atom. The predicted octanol–water partition coefficient (Wildman–Crippen LogP) is 1.44. The van der Waals surface area contributed by atoms with Gasteiger partial charge in [0.15, 0.2) is 0 Å². The molecule has 3 nitrogen and oxygen atoms in total. The minimum absolute atomic E-state index is 0.0417. The summed E-state index contributed by atoms with van der Waals surface area (Å²) < 4.78 is 24.3. The molecule has 0 aliphatic carbocycles. The zero-order chi connectivity index (χ0) is 10.7. The smallest absolute Gasteiger partial charge is 0.321 e. The minimum Gasteiger partial charge on any atom is -0.480 e. The van der Waals surface area contributed by atoms with Crippen LogP contribution in [-0.4, -0.2) is 41.5 Å². The van der Waals surface area contributed by atoms with Gasteiger partial charge in [-0.1, -0.05) is 6.92 Å². The lowest BCUT2D eigenvalue weighted by molar-refractivity contribution is -0.147. The second-order valence-corrected chi connectivity index (χ2v) is 3.79. The second kappa shape index (κ2) is 4.68. The zero-order valence-electron chi connectivity index (χ0n) is 8.12. The first kappa shape index (κ1) is 11.4. The van der Waals surface area contributed by atoms with Gasteiger partial charge in [0.05, 0.1) is 6.54 Å². The summed E-state index contributed by atoms with van der Waals surface area (Å²) >= 11 is 0. The van der Waals surface area contributed by atoms with Crippen molar-refractivity contribution in [1.82, 2.24) is 4.90 Å². The van der Waals surface area contributed by atoms with Crippen molar-refractivity contribution in [2.24, 2.45) is 5.92 Å². The van der Waals surface area contributed by atoms with Crippen LogP contribution in [0.5, 0.6) is 0 Å². The fourth-order valence-electron chi connectivity index (χ4n) is 2.05. The van der Waals surface area contributed by atoms with Crippen molar-refractivity contribution in [3.63, 3.8) is 0 Å². The highest BCUT2D eigenvalue weighted by Crippen LogP contribution is 2.23. The Kier molecular flexibility index (Phi) is 3.80. The number of rotatable bonds is 3. The summed E-state index contributed by atoms with van der Waals surface area (Å²) in [6.45, 7) is 1.84. The normalized spacial score (nSPS) is 29.4. The van der Waals surface area contributed by atoms with E-state index < -0.39 is 25.0 Å². The topological polar surface area (TPSA) is 40.5 Å². The number of piperidine rings is 1. The summed E-state index contributed by atoms with van der Waals surface area (Å²) in [5, 5.41) is 8.91. The number of nitrogens with zero attached hydrogens (tertiary/aromatic N) is 1. The maximum Gasteiger partial charge on any atom is 0.321 e. The van der Waals surface area contributed by atoms with Gasteiger partial charge in [-0.05, 0) is 25.3 Å². The molecular weight excluding hydrogens is 192 g/mol. The van der Waals surface area contributed by atoms with Gasteiger partial charge >= 0.3 is 5.97 Å². The molecule has 2 atom stereocenters. The standard InChI is InChI=1S/C9H15F2NO2/c1-6-3-2-4-12(5-7(10)11)8(6)9(13)14/h6-8H,2-5H2,1H3,(H,13,14). The van der Waals surface area contributed by atoms with Gasteiger partial charge in [-0.25, -0.2) is 8.78 Å². The van der Waals surface area contributed by atoms with E-state index in [1.807, 2.05) is 0 Å². The highest BCUT2D eigenvalue weighted by atomic mass is 19.3. The fourth-order valence-corrected chi connectivity index (χ4v) is 2.05. The van der Waals surface area contributed by atoms with Gasteiger partial charge in [0.25, 0.3) is 6.43 Å². The Labute approximate surface area is 81.7 Å². The van der Waals surface area contributed by atoms with Gasteiger partial charge in [-0.2, -0.15) is 0 Å². The molecule has 0 spiro atoms. The van der Waals surface area contributed by atoms with Crippen molar-refractivity contribution in [3.05, 3.63) is 0 Å². The molecule has 5 heteroatoms. The molecule has 2 unspecified atom stereocenters. The molecule has 0 radical (unpaired) electrons. The van der Waals surface area contributed by atoms with Gasteiger partial charge in [-0.3, -0.25) is 9.69 Å². The second-order valence-electron chi connectivity index (χ2n) is 3.79. The summed E-state index contributed by atoms with van der Waals surface area (Å²) in [5.41, 5.74) is 0. The predicted molar refractivity (Wildman–Crippen MR) is 47.4 cm³/mol. The summed E-state index contributed by atoms with van der Waals surface area (Å²) in [5.74, 6) is -1.03. The quantitative estimate of drug-likeness (QED) is 0.761. The lowest BCUT2D eigenvalue weighted by Gasteiger charge is -2.36. The first-order valence-electron chi connectivity index (χ1n) is 4.77. The minimum atomic E-state index is -2.46. The molecule has 0 amide bonds. The first-order valence-corrected chi connectivity index (χ1v) is 4.77. The molecule has 1 fully saturated rings. The van der Waals surface area contributed by atoms with E-state index >= 15 is 0 Å². The van der Waals surface area contributed by atoms with Crippen molar-refractivity contribution in [2.45, 2.75) is 32.2 Å². The maximum absolute atomic E-state index is 12.1. The molecule has 0 aromatic heterocycles. The summed E-state index contributed by atoms with van der Waals surface area (Å²) in [6.07, 6.45) is -0.851. The van der Waals surface area contributed by atoms with Crippen LogP contribution in [0.3, 0.4) is 0 Å². The number of likely N-dealkylation sites (tertiary alicyclic amines) is 1. The summed E-state index contributed by atoms with van der Waals surface area (Å²) in [4.78, 5) is 12.2. The largest absolute Gasteiger partial charge is 0.480 e. The Bertz CT molecular complexity index is 211. The van der Waals surface area contributed by atoms with E-state index in [2.05, 4.69) is 0 Å². The Hall–Kier alpha value is -0.710. The van der Waals surface area contributed by atoms with Crippen LogP contribution in [0.2, 0.25) is 0 Å². The summed E-state index contributed by atoms with van der Waals surface area (Å²) in [6, 6.07) is -0.738. The van der Waals surface area contributed by atoms with Gasteiger partial charge in [0.1, 0.15) is 6.04 Å². The highest BCUT2D eigenvalue weighted by Gasteiger charge is 2.35. The van der Waals surface area contributed by atoms with Crippen LogP contribution in [0.25, 0.3) is 0 Å². The number of hydrogen-bond acceptors (Lipinski definition) is 2. The third-order valence-corrected chi connectivity index (χ3v) is 2.66. The van der Waals surface area contributed by atoms with Crippen molar-refractivity contribution in [1.29, 1.82) is 0 Å². The number of carbonyl (C=O) groups is 1. The molecule has 1 rings (SSSR count). The molecule has 1 heterocycles. The van der Waals surface area contributed by atoms with Crippen molar-refractivity contribution in [2.75, 3.05) is 13.1 Å². The fraction of sp³-hybridized carbons (Fsp3) is 0.889. The van der Waals surface area contributed by atoms with Crippen LogP contribution < -0.4 is 0 Å². The van der Waals surface area contributed by atoms with E-state index in [9.17, 15) is 13.6 Å². The lowest BCUT2D eigenvalue weighted by Crippen LogP contribution is -2.50. The molecule has 0 saturated carbocycles. The van der Waals surface area contributed by atoms with Crippen molar-refractivity contribution < 1.29 is 18.7 Å². The van der Waals surface area contributed by atoms with E-state index in [1.54, 1.807) is 6.92 Å². The molecule has 1 aliphatic heterocycles. The number of carboxylic acids is 1.